The third kappa shape index (κ3) is 3.93. The summed E-state index contributed by atoms with van der Waals surface area (Å²) in [5.74, 6) is 0.802. The van der Waals surface area contributed by atoms with Crippen LogP contribution in [0.2, 0.25) is 5.02 Å². The summed E-state index contributed by atoms with van der Waals surface area (Å²) in [7, 11) is 0. The third-order valence-electron chi connectivity index (χ3n) is 4.38. The van der Waals surface area contributed by atoms with Crippen molar-refractivity contribution in [1.82, 2.24) is 20.0 Å². The van der Waals surface area contributed by atoms with Crippen LogP contribution >= 0.6 is 11.6 Å². The monoisotopic (exact) mass is 384 g/mol. The Hall–Kier alpha value is -2.93. The summed E-state index contributed by atoms with van der Waals surface area (Å²) in [6.07, 6.45) is 6.64. The van der Waals surface area contributed by atoms with Gasteiger partial charge in [-0.05, 0) is 25.0 Å². The zero-order valence-electron chi connectivity index (χ0n) is 14.4. The van der Waals surface area contributed by atoms with E-state index in [9.17, 15) is 4.79 Å². The molecule has 0 aromatic carbocycles. The lowest BCUT2D eigenvalue weighted by atomic mass is 10.1. The molecule has 3 aromatic heterocycles. The molecular formula is C19H17ClN4O3. The van der Waals surface area contributed by atoms with E-state index in [1.165, 1.54) is 6.20 Å². The van der Waals surface area contributed by atoms with Crippen LogP contribution in [0.3, 0.4) is 0 Å². The zero-order chi connectivity index (χ0) is 18.6. The Morgan fingerprint density at radius 3 is 3.07 bits per heavy atom. The van der Waals surface area contributed by atoms with Crippen LogP contribution in [-0.4, -0.2) is 32.5 Å². The molecule has 27 heavy (non-hydrogen) atoms. The molecule has 0 bridgehead atoms. The molecule has 1 aliphatic heterocycles. The van der Waals surface area contributed by atoms with Crippen LogP contribution in [-0.2, 0) is 6.61 Å². The summed E-state index contributed by atoms with van der Waals surface area (Å²) in [6.45, 7) is 0.804. The lowest BCUT2D eigenvalue weighted by molar-refractivity contribution is 0.0722. The number of ether oxygens (including phenoxy) is 1. The molecule has 138 valence electrons. The molecule has 4 rings (SSSR count). The van der Waals surface area contributed by atoms with Crippen LogP contribution in [0.15, 0.2) is 53.4 Å². The molecule has 1 aliphatic rings. The number of likely N-dealkylation sites (tertiary alicyclic amines) is 1. The molecule has 0 aliphatic carbocycles. The third-order valence-corrected chi connectivity index (χ3v) is 4.59. The maximum Gasteiger partial charge on any atom is 0.276 e. The Labute approximate surface area is 160 Å². The number of hydrogen-bond acceptors (Lipinski definition) is 6. The van der Waals surface area contributed by atoms with Gasteiger partial charge in [-0.3, -0.25) is 14.8 Å². The van der Waals surface area contributed by atoms with Crippen molar-refractivity contribution in [3.8, 4) is 5.75 Å². The second-order valence-electron chi connectivity index (χ2n) is 6.22. The first-order valence-electron chi connectivity index (χ1n) is 8.61. The van der Waals surface area contributed by atoms with E-state index in [2.05, 4.69) is 15.1 Å². The number of aromatic nitrogens is 3. The average Bonchev–Trinajstić information content (AvgIpc) is 3.36. The largest absolute Gasteiger partial charge is 0.484 e. The Balaban J connectivity index is 1.44. The Bertz CT molecular complexity index is 931. The molecule has 0 unspecified atom stereocenters. The molecule has 1 fully saturated rings. The van der Waals surface area contributed by atoms with Gasteiger partial charge >= 0.3 is 0 Å². The highest BCUT2D eigenvalue weighted by Gasteiger charge is 2.32. The van der Waals surface area contributed by atoms with Gasteiger partial charge in [0.05, 0.1) is 23.0 Å². The van der Waals surface area contributed by atoms with Gasteiger partial charge in [-0.1, -0.05) is 22.8 Å². The van der Waals surface area contributed by atoms with E-state index in [1.807, 2.05) is 18.2 Å². The van der Waals surface area contributed by atoms with E-state index < -0.39 is 0 Å². The number of hydrogen-bond donors (Lipinski definition) is 0. The molecule has 7 nitrogen and oxygen atoms in total. The quantitative estimate of drug-likeness (QED) is 0.667. The Morgan fingerprint density at radius 1 is 1.33 bits per heavy atom. The van der Waals surface area contributed by atoms with E-state index in [4.69, 9.17) is 20.9 Å². The summed E-state index contributed by atoms with van der Waals surface area (Å²) in [5.41, 5.74) is 1.16. The van der Waals surface area contributed by atoms with Crippen molar-refractivity contribution in [3.63, 3.8) is 0 Å². The fourth-order valence-corrected chi connectivity index (χ4v) is 3.31. The topological polar surface area (TPSA) is 81.3 Å². The second-order valence-corrected chi connectivity index (χ2v) is 6.65. The first kappa shape index (κ1) is 17.5. The number of halogens is 1. The van der Waals surface area contributed by atoms with Crippen LogP contribution in [0, 0.1) is 0 Å². The molecule has 8 heteroatoms. The standard InChI is InChI=1S/C19H17ClN4O3/c20-13-8-14(11-21-10-13)26-12-15-9-17(23-27-15)19(25)24-7-3-5-18(24)16-4-1-2-6-22-16/h1-2,4,6,8-11,18H,3,5,7,12H2/t18-/m0/s1. The number of carbonyl (C=O) groups is 1. The van der Waals surface area contributed by atoms with Crippen molar-refractivity contribution < 1.29 is 14.1 Å². The molecule has 0 saturated carbocycles. The van der Waals surface area contributed by atoms with Gasteiger partial charge < -0.3 is 14.2 Å². The van der Waals surface area contributed by atoms with Gasteiger partial charge in [-0.15, -0.1) is 0 Å². The minimum Gasteiger partial charge on any atom is -0.484 e. The fraction of sp³-hybridized carbons (Fsp3) is 0.263. The SMILES string of the molecule is O=C(c1cc(COc2cncc(Cl)c2)on1)N1CCC[C@H]1c1ccccn1. The van der Waals surface area contributed by atoms with Gasteiger partial charge in [0.2, 0.25) is 0 Å². The van der Waals surface area contributed by atoms with Crippen LogP contribution in [0.1, 0.15) is 40.8 Å². The van der Waals surface area contributed by atoms with Gasteiger partial charge in [0.15, 0.2) is 11.5 Å². The van der Waals surface area contributed by atoms with Crippen LogP contribution < -0.4 is 4.74 Å². The summed E-state index contributed by atoms with van der Waals surface area (Å²) in [4.78, 5) is 23.0. The summed E-state index contributed by atoms with van der Waals surface area (Å²) < 4.78 is 10.8. The molecule has 1 atom stereocenters. The van der Waals surface area contributed by atoms with Crippen molar-refractivity contribution in [2.45, 2.75) is 25.5 Å². The number of amides is 1. The van der Waals surface area contributed by atoms with Gasteiger partial charge in [0.1, 0.15) is 12.4 Å². The second kappa shape index (κ2) is 7.75. The van der Waals surface area contributed by atoms with Gasteiger partial charge in [0, 0.05) is 31.1 Å². The molecule has 1 saturated heterocycles. The minimum atomic E-state index is -0.164. The molecular weight excluding hydrogens is 368 g/mol. The van der Waals surface area contributed by atoms with E-state index >= 15 is 0 Å². The summed E-state index contributed by atoms with van der Waals surface area (Å²) >= 11 is 5.88. The van der Waals surface area contributed by atoms with Gasteiger partial charge in [-0.25, -0.2) is 0 Å². The highest BCUT2D eigenvalue weighted by atomic mass is 35.5. The van der Waals surface area contributed by atoms with Crippen LogP contribution in [0.25, 0.3) is 0 Å². The lowest BCUT2D eigenvalue weighted by Gasteiger charge is -2.23. The van der Waals surface area contributed by atoms with Crippen molar-refractivity contribution in [3.05, 3.63) is 71.1 Å². The minimum absolute atomic E-state index is 0.0346. The average molecular weight is 385 g/mol. The summed E-state index contributed by atoms with van der Waals surface area (Å²) in [5, 5.41) is 4.39. The van der Waals surface area contributed by atoms with Gasteiger partial charge in [-0.2, -0.15) is 0 Å². The molecule has 4 heterocycles. The number of carbonyl (C=O) groups excluding carboxylic acids is 1. The van der Waals surface area contributed by atoms with Crippen molar-refractivity contribution in [2.75, 3.05) is 6.54 Å². The number of nitrogens with zero attached hydrogens (tertiary/aromatic N) is 4. The highest BCUT2D eigenvalue weighted by molar-refractivity contribution is 6.30. The molecule has 0 spiro atoms. The molecule has 0 N–H and O–H groups in total. The van der Waals surface area contributed by atoms with Crippen molar-refractivity contribution >= 4 is 17.5 Å². The smallest absolute Gasteiger partial charge is 0.276 e. The van der Waals surface area contributed by atoms with Crippen molar-refractivity contribution in [1.29, 1.82) is 0 Å². The predicted molar refractivity (Wildman–Crippen MR) is 97.3 cm³/mol. The van der Waals surface area contributed by atoms with E-state index in [-0.39, 0.29) is 24.2 Å². The molecule has 1 amide bonds. The fourth-order valence-electron chi connectivity index (χ4n) is 3.15. The maximum absolute atomic E-state index is 12.9. The molecule has 0 radical (unpaired) electrons. The van der Waals surface area contributed by atoms with Crippen LogP contribution in [0.5, 0.6) is 5.75 Å². The highest BCUT2D eigenvalue weighted by Crippen LogP contribution is 2.31. The normalized spacial score (nSPS) is 16.5. The number of rotatable bonds is 5. The Morgan fingerprint density at radius 2 is 2.26 bits per heavy atom. The van der Waals surface area contributed by atoms with E-state index in [0.717, 1.165) is 18.5 Å². The van der Waals surface area contributed by atoms with E-state index in [1.54, 1.807) is 29.4 Å². The first-order chi connectivity index (χ1) is 13.2. The van der Waals surface area contributed by atoms with E-state index in [0.29, 0.717) is 23.1 Å². The predicted octanol–water partition coefficient (Wildman–Crippen LogP) is 3.67. The van der Waals surface area contributed by atoms with Crippen molar-refractivity contribution in [2.24, 2.45) is 0 Å². The lowest BCUT2D eigenvalue weighted by Crippen LogP contribution is -2.31. The molecule has 3 aromatic rings. The maximum atomic E-state index is 12.9. The van der Waals surface area contributed by atoms with Crippen LogP contribution in [0.4, 0.5) is 0 Å². The Kier molecular flexibility index (Phi) is 5.02. The first-order valence-corrected chi connectivity index (χ1v) is 8.99. The zero-order valence-corrected chi connectivity index (χ0v) is 15.2. The number of pyridine rings is 2. The summed E-state index contributed by atoms with van der Waals surface area (Å²) in [6, 6.07) is 8.96. The van der Waals surface area contributed by atoms with Gasteiger partial charge in [0.25, 0.3) is 5.91 Å².